The highest BCUT2D eigenvalue weighted by atomic mass is 19.1. The predicted molar refractivity (Wildman–Crippen MR) is 116 cm³/mol. The van der Waals surface area contributed by atoms with Crippen molar-refractivity contribution in [2.45, 2.75) is 13.5 Å². The van der Waals surface area contributed by atoms with Gasteiger partial charge < -0.3 is 10.1 Å². The number of benzene rings is 3. The van der Waals surface area contributed by atoms with E-state index in [-0.39, 0.29) is 12.1 Å². The van der Waals surface area contributed by atoms with Crippen LogP contribution in [0.2, 0.25) is 0 Å². The minimum absolute atomic E-state index is 0.251. The summed E-state index contributed by atoms with van der Waals surface area (Å²) in [6, 6.07) is 20.5. The summed E-state index contributed by atoms with van der Waals surface area (Å²) in [4.78, 5) is 23.7. The summed E-state index contributed by atoms with van der Waals surface area (Å²) in [5.41, 5.74) is 5.67. The van der Waals surface area contributed by atoms with E-state index in [0.717, 1.165) is 16.9 Å². The Morgan fingerprint density at radius 2 is 1.65 bits per heavy atom. The number of halogens is 1. The number of hydrogen-bond donors (Lipinski definition) is 2. The van der Waals surface area contributed by atoms with Gasteiger partial charge in [-0.2, -0.15) is 5.10 Å². The first-order chi connectivity index (χ1) is 15.0. The van der Waals surface area contributed by atoms with Crippen LogP contribution in [0.5, 0.6) is 5.75 Å². The molecular formula is C24H22FN3O3. The van der Waals surface area contributed by atoms with E-state index in [1.165, 1.54) is 36.0 Å². The van der Waals surface area contributed by atoms with Crippen LogP contribution in [-0.4, -0.2) is 24.6 Å². The van der Waals surface area contributed by atoms with Crippen LogP contribution in [0.4, 0.5) is 4.39 Å². The minimum atomic E-state index is -0.482. The highest BCUT2D eigenvalue weighted by Gasteiger charge is 2.07. The van der Waals surface area contributed by atoms with Crippen LogP contribution in [0.15, 0.2) is 77.9 Å². The molecule has 0 bridgehead atoms. The van der Waals surface area contributed by atoms with Crippen molar-refractivity contribution in [2.24, 2.45) is 5.10 Å². The van der Waals surface area contributed by atoms with Gasteiger partial charge in [0.15, 0.2) is 0 Å². The zero-order chi connectivity index (χ0) is 22.1. The maximum absolute atomic E-state index is 12.9. The Balaban J connectivity index is 1.40. The number of rotatable bonds is 8. The van der Waals surface area contributed by atoms with Crippen LogP contribution in [0, 0.1) is 12.7 Å². The molecule has 3 aromatic rings. The third-order valence-corrected chi connectivity index (χ3v) is 4.32. The number of amides is 2. The Morgan fingerprint density at radius 1 is 0.968 bits per heavy atom. The minimum Gasteiger partial charge on any atom is -0.489 e. The average molecular weight is 419 g/mol. The van der Waals surface area contributed by atoms with Crippen molar-refractivity contribution in [2.75, 3.05) is 6.54 Å². The number of nitrogens with zero attached hydrogens (tertiary/aromatic N) is 1. The fourth-order valence-corrected chi connectivity index (χ4v) is 2.58. The predicted octanol–water partition coefficient (Wildman–Crippen LogP) is 3.59. The first-order valence-electron chi connectivity index (χ1n) is 9.64. The SMILES string of the molecule is Cc1ccc(COc2ccc(C=NNC(=O)CNC(=O)c3ccc(F)cc3)cc2)cc1. The Kier molecular flexibility index (Phi) is 7.48. The Bertz CT molecular complexity index is 1050. The second-order valence-corrected chi connectivity index (χ2v) is 6.83. The smallest absolute Gasteiger partial charge is 0.259 e. The molecule has 6 nitrogen and oxygen atoms in total. The third-order valence-electron chi connectivity index (χ3n) is 4.32. The highest BCUT2D eigenvalue weighted by molar-refractivity contribution is 5.96. The summed E-state index contributed by atoms with van der Waals surface area (Å²) in [5.74, 6) is -0.662. The molecule has 0 aliphatic rings. The van der Waals surface area contributed by atoms with Crippen molar-refractivity contribution in [3.63, 3.8) is 0 Å². The third kappa shape index (κ3) is 7.08. The Hall–Kier alpha value is -4.00. The van der Waals surface area contributed by atoms with Gasteiger partial charge in [-0.3, -0.25) is 9.59 Å². The van der Waals surface area contributed by atoms with Gasteiger partial charge in [0.1, 0.15) is 18.2 Å². The number of carbonyl (C=O) groups excluding carboxylic acids is 2. The Labute approximate surface area is 179 Å². The maximum Gasteiger partial charge on any atom is 0.259 e. The van der Waals surface area contributed by atoms with Crippen LogP contribution in [0.25, 0.3) is 0 Å². The molecule has 0 unspecified atom stereocenters. The molecular weight excluding hydrogens is 397 g/mol. The zero-order valence-corrected chi connectivity index (χ0v) is 17.0. The van der Waals surface area contributed by atoms with Gasteiger partial charge in [0.2, 0.25) is 0 Å². The van der Waals surface area contributed by atoms with E-state index in [2.05, 4.69) is 15.8 Å². The lowest BCUT2D eigenvalue weighted by molar-refractivity contribution is -0.120. The van der Waals surface area contributed by atoms with Gasteiger partial charge in [0.25, 0.3) is 11.8 Å². The van der Waals surface area contributed by atoms with E-state index in [0.29, 0.717) is 6.61 Å². The summed E-state index contributed by atoms with van der Waals surface area (Å²) >= 11 is 0. The molecule has 0 saturated heterocycles. The van der Waals surface area contributed by atoms with Gasteiger partial charge in [0, 0.05) is 5.56 Å². The molecule has 3 aromatic carbocycles. The molecule has 0 aromatic heterocycles. The molecule has 2 N–H and O–H groups in total. The average Bonchev–Trinajstić information content (AvgIpc) is 2.78. The van der Waals surface area contributed by atoms with E-state index in [9.17, 15) is 14.0 Å². The van der Waals surface area contributed by atoms with Crippen LogP contribution >= 0.6 is 0 Å². The molecule has 0 atom stereocenters. The van der Waals surface area contributed by atoms with E-state index in [1.54, 1.807) is 0 Å². The molecule has 31 heavy (non-hydrogen) atoms. The second kappa shape index (κ2) is 10.7. The second-order valence-electron chi connectivity index (χ2n) is 6.83. The number of aryl methyl sites for hydroxylation is 1. The largest absolute Gasteiger partial charge is 0.489 e. The van der Waals surface area contributed by atoms with E-state index < -0.39 is 17.6 Å². The number of ether oxygens (including phenoxy) is 1. The molecule has 0 spiro atoms. The number of hydrogen-bond acceptors (Lipinski definition) is 4. The molecule has 0 radical (unpaired) electrons. The molecule has 0 heterocycles. The lowest BCUT2D eigenvalue weighted by atomic mass is 10.2. The van der Waals surface area contributed by atoms with Crippen molar-refractivity contribution in [3.8, 4) is 5.75 Å². The molecule has 0 aliphatic heterocycles. The fourth-order valence-electron chi connectivity index (χ4n) is 2.58. The maximum atomic E-state index is 12.9. The monoisotopic (exact) mass is 419 g/mol. The van der Waals surface area contributed by atoms with Gasteiger partial charge in [-0.25, -0.2) is 9.82 Å². The molecule has 2 amide bonds. The molecule has 158 valence electrons. The topological polar surface area (TPSA) is 79.8 Å². The molecule has 0 saturated carbocycles. The molecule has 7 heteroatoms. The summed E-state index contributed by atoms with van der Waals surface area (Å²) in [6.07, 6.45) is 1.49. The number of carbonyl (C=O) groups is 2. The summed E-state index contributed by atoms with van der Waals surface area (Å²) in [5, 5.41) is 6.31. The zero-order valence-electron chi connectivity index (χ0n) is 17.0. The van der Waals surface area contributed by atoms with Crippen LogP contribution < -0.4 is 15.5 Å². The van der Waals surface area contributed by atoms with Gasteiger partial charge in [-0.05, 0) is 66.6 Å². The van der Waals surface area contributed by atoms with Gasteiger partial charge in [-0.15, -0.1) is 0 Å². The van der Waals surface area contributed by atoms with Gasteiger partial charge >= 0.3 is 0 Å². The lowest BCUT2D eigenvalue weighted by Crippen LogP contribution is -2.34. The molecule has 0 fully saturated rings. The van der Waals surface area contributed by atoms with Crippen LogP contribution in [0.1, 0.15) is 27.0 Å². The normalized spacial score (nSPS) is 10.6. The summed E-state index contributed by atoms with van der Waals surface area (Å²) in [6.45, 7) is 2.27. The first-order valence-corrected chi connectivity index (χ1v) is 9.64. The van der Waals surface area contributed by atoms with E-state index in [4.69, 9.17) is 4.74 Å². The van der Waals surface area contributed by atoms with Crippen LogP contribution in [0.3, 0.4) is 0 Å². The van der Waals surface area contributed by atoms with Crippen molar-refractivity contribution in [3.05, 3.63) is 101 Å². The van der Waals surface area contributed by atoms with Crippen LogP contribution in [-0.2, 0) is 11.4 Å². The van der Waals surface area contributed by atoms with Crippen molar-refractivity contribution >= 4 is 18.0 Å². The van der Waals surface area contributed by atoms with E-state index >= 15 is 0 Å². The first kappa shape index (κ1) is 21.7. The van der Waals surface area contributed by atoms with Crippen molar-refractivity contribution in [1.29, 1.82) is 0 Å². The Morgan fingerprint density at radius 3 is 2.32 bits per heavy atom. The van der Waals surface area contributed by atoms with Gasteiger partial charge in [-0.1, -0.05) is 29.8 Å². The van der Waals surface area contributed by atoms with E-state index in [1.807, 2.05) is 55.5 Å². The van der Waals surface area contributed by atoms with Crippen molar-refractivity contribution < 1.29 is 18.7 Å². The molecule has 3 rings (SSSR count). The number of hydrazone groups is 1. The van der Waals surface area contributed by atoms with Gasteiger partial charge in [0.05, 0.1) is 12.8 Å². The number of nitrogens with one attached hydrogen (secondary N) is 2. The summed E-state index contributed by atoms with van der Waals surface area (Å²) < 4.78 is 18.6. The molecule has 0 aliphatic carbocycles. The lowest BCUT2D eigenvalue weighted by Gasteiger charge is -2.07. The standard InChI is InChI=1S/C24H22FN3O3/c1-17-2-4-19(5-3-17)16-31-22-12-6-18(7-13-22)14-27-28-23(29)15-26-24(30)20-8-10-21(25)11-9-20/h2-14H,15-16H2,1H3,(H,26,30)(H,28,29). The van der Waals surface area contributed by atoms with Crippen molar-refractivity contribution in [1.82, 2.24) is 10.7 Å². The summed E-state index contributed by atoms with van der Waals surface area (Å²) in [7, 11) is 0. The fraction of sp³-hybridized carbons (Fsp3) is 0.125. The quantitative estimate of drug-likeness (QED) is 0.433. The highest BCUT2D eigenvalue weighted by Crippen LogP contribution is 2.14.